The third kappa shape index (κ3) is 2.62. The second-order valence-corrected chi connectivity index (χ2v) is 4.96. The molecule has 0 radical (unpaired) electrons. The number of rotatable bonds is 2. The number of anilines is 1. The molecule has 0 saturated carbocycles. The highest BCUT2D eigenvalue weighted by Gasteiger charge is 2.23. The molecule has 1 aromatic rings. The van der Waals surface area contributed by atoms with Gasteiger partial charge in [-0.3, -0.25) is 0 Å². The van der Waals surface area contributed by atoms with Crippen molar-refractivity contribution in [1.29, 1.82) is 5.26 Å². The molecule has 0 aliphatic carbocycles. The van der Waals surface area contributed by atoms with Gasteiger partial charge in [-0.15, -0.1) is 0 Å². The van der Waals surface area contributed by atoms with Gasteiger partial charge in [0.2, 0.25) is 0 Å². The number of halogens is 1. The summed E-state index contributed by atoms with van der Waals surface area (Å²) < 4.78 is 6.48. The molecule has 1 fully saturated rings. The average molecular weight is 295 g/mol. The third-order valence-electron chi connectivity index (χ3n) is 3.08. The van der Waals surface area contributed by atoms with Crippen molar-refractivity contribution < 1.29 is 4.74 Å². The Morgan fingerprint density at radius 3 is 3.06 bits per heavy atom. The molecule has 0 bridgehead atoms. The van der Waals surface area contributed by atoms with Crippen molar-refractivity contribution >= 4 is 21.6 Å². The lowest BCUT2D eigenvalue weighted by Gasteiger charge is -2.37. The van der Waals surface area contributed by atoms with Crippen molar-refractivity contribution in [3.8, 4) is 6.07 Å². The predicted octanol–water partition coefficient (Wildman–Crippen LogP) is 2.94. The maximum Gasteiger partial charge on any atom is 0.0992 e. The fourth-order valence-electron chi connectivity index (χ4n) is 2.12. The van der Waals surface area contributed by atoms with Gasteiger partial charge in [-0.2, -0.15) is 5.26 Å². The van der Waals surface area contributed by atoms with Crippen LogP contribution in [0.5, 0.6) is 0 Å². The molecule has 0 spiro atoms. The molecule has 17 heavy (non-hydrogen) atoms. The van der Waals surface area contributed by atoms with Crippen LogP contribution in [0.4, 0.5) is 5.69 Å². The van der Waals surface area contributed by atoms with Crippen LogP contribution in [0.15, 0.2) is 22.7 Å². The second kappa shape index (κ2) is 5.52. The Labute approximate surface area is 110 Å². The number of hydrogen-bond donors (Lipinski definition) is 0. The molecule has 1 atom stereocenters. The van der Waals surface area contributed by atoms with Crippen molar-refractivity contribution in [2.24, 2.45) is 0 Å². The fourth-order valence-corrected chi connectivity index (χ4v) is 2.73. The Balaban J connectivity index is 2.29. The molecular weight excluding hydrogens is 280 g/mol. The summed E-state index contributed by atoms with van der Waals surface area (Å²) in [6.45, 7) is 4.62. The first-order valence-electron chi connectivity index (χ1n) is 5.80. The highest BCUT2D eigenvalue weighted by molar-refractivity contribution is 9.10. The average Bonchev–Trinajstić information content (AvgIpc) is 2.38. The number of ether oxygens (including phenoxy) is 1. The van der Waals surface area contributed by atoms with Crippen molar-refractivity contribution in [1.82, 2.24) is 0 Å². The lowest BCUT2D eigenvalue weighted by Crippen LogP contribution is -2.45. The summed E-state index contributed by atoms with van der Waals surface area (Å²) in [6.07, 6.45) is 1.06. The normalized spacial score (nSPS) is 20.1. The minimum Gasteiger partial charge on any atom is -0.377 e. The van der Waals surface area contributed by atoms with E-state index in [0.29, 0.717) is 11.6 Å². The number of morpholine rings is 1. The summed E-state index contributed by atoms with van der Waals surface area (Å²) in [5.41, 5.74) is 1.83. The smallest absolute Gasteiger partial charge is 0.0992 e. The molecule has 1 unspecified atom stereocenters. The predicted molar refractivity (Wildman–Crippen MR) is 71.1 cm³/mol. The van der Waals surface area contributed by atoms with Crippen molar-refractivity contribution in [3.05, 3.63) is 28.2 Å². The van der Waals surface area contributed by atoms with Gasteiger partial charge in [-0.05, 0) is 40.5 Å². The maximum atomic E-state index is 8.86. The number of nitriles is 1. The molecule has 0 amide bonds. The van der Waals surface area contributed by atoms with Crippen molar-refractivity contribution in [2.75, 3.05) is 24.7 Å². The number of nitrogens with zero attached hydrogens (tertiary/aromatic N) is 2. The Bertz CT molecular complexity index is 442. The maximum absolute atomic E-state index is 8.86. The Kier molecular flexibility index (Phi) is 4.03. The van der Waals surface area contributed by atoms with Gasteiger partial charge in [0.25, 0.3) is 0 Å². The van der Waals surface area contributed by atoms with Gasteiger partial charge < -0.3 is 9.64 Å². The van der Waals surface area contributed by atoms with Crippen LogP contribution in [0.3, 0.4) is 0 Å². The first kappa shape index (κ1) is 12.4. The van der Waals surface area contributed by atoms with Crippen LogP contribution in [-0.2, 0) is 4.74 Å². The van der Waals surface area contributed by atoms with Gasteiger partial charge in [0.15, 0.2) is 0 Å². The zero-order valence-corrected chi connectivity index (χ0v) is 11.4. The highest BCUT2D eigenvalue weighted by Crippen LogP contribution is 2.30. The SMILES string of the molecule is CCC1COCCN1c1ccc(C#N)cc1Br. The molecule has 1 heterocycles. The van der Waals surface area contributed by atoms with E-state index in [9.17, 15) is 0 Å². The van der Waals surface area contributed by atoms with E-state index in [1.165, 1.54) is 0 Å². The molecular formula is C13H15BrN2O. The Morgan fingerprint density at radius 2 is 2.41 bits per heavy atom. The zero-order valence-electron chi connectivity index (χ0n) is 9.82. The first-order valence-corrected chi connectivity index (χ1v) is 6.59. The minimum absolute atomic E-state index is 0.424. The van der Waals surface area contributed by atoms with E-state index in [1.807, 2.05) is 18.2 Å². The molecule has 4 heteroatoms. The fraction of sp³-hybridized carbons (Fsp3) is 0.462. The molecule has 3 nitrogen and oxygen atoms in total. The van der Waals surface area contributed by atoms with Gasteiger partial charge >= 0.3 is 0 Å². The topological polar surface area (TPSA) is 36.3 Å². The van der Waals surface area contributed by atoms with Crippen LogP contribution in [0.1, 0.15) is 18.9 Å². The summed E-state index contributed by atoms with van der Waals surface area (Å²) in [5.74, 6) is 0. The van der Waals surface area contributed by atoms with E-state index in [1.54, 1.807) is 0 Å². The Hall–Kier alpha value is -1.05. The monoisotopic (exact) mass is 294 g/mol. The second-order valence-electron chi connectivity index (χ2n) is 4.11. The van der Waals surface area contributed by atoms with E-state index >= 15 is 0 Å². The van der Waals surface area contributed by atoms with Crippen LogP contribution in [-0.4, -0.2) is 25.8 Å². The van der Waals surface area contributed by atoms with Gasteiger partial charge in [0.05, 0.1) is 36.6 Å². The molecule has 0 aromatic heterocycles. The van der Waals surface area contributed by atoms with Crippen LogP contribution < -0.4 is 4.90 Å². The van der Waals surface area contributed by atoms with Gasteiger partial charge in [0, 0.05) is 11.0 Å². The summed E-state index contributed by atoms with van der Waals surface area (Å²) in [5, 5.41) is 8.86. The summed E-state index contributed by atoms with van der Waals surface area (Å²) in [7, 11) is 0. The molecule has 1 aliphatic rings. The van der Waals surface area contributed by atoms with Crippen LogP contribution in [0.25, 0.3) is 0 Å². The van der Waals surface area contributed by atoms with E-state index in [-0.39, 0.29) is 0 Å². The van der Waals surface area contributed by atoms with E-state index in [2.05, 4.69) is 33.8 Å². The summed E-state index contributed by atoms with van der Waals surface area (Å²) in [4.78, 5) is 2.36. The zero-order chi connectivity index (χ0) is 12.3. The van der Waals surface area contributed by atoms with Crippen molar-refractivity contribution in [3.63, 3.8) is 0 Å². The lowest BCUT2D eigenvalue weighted by molar-refractivity contribution is 0.0929. The summed E-state index contributed by atoms with van der Waals surface area (Å²) in [6, 6.07) is 8.32. The largest absolute Gasteiger partial charge is 0.377 e. The van der Waals surface area contributed by atoms with Gasteiger partial charge in [-0.25, -0.2) is 0 Å². The summed E-state index contributed by atoms with van der Waals surface area (Å²) >= 11 is 3.55. The number of benzene rings is 1. The molecule has 1 aliphatic heterocycles. The van der Waals surface area contributed by atoms with E-state index < -0.39 is 0 Å². The Morgan fingerprint density at radius 1 is 1.59 bits per heavy atom. The highest BCUT2D eigenvalue weighted by atomic mass is 79.9. The first-order chi connectivity index (χ1) is 8.26. The van der Waals surface area contributed by atoms with Crippen molar-refractivity contribution in [2.45, 2.75) is 19.4 Å². The number of hydrogen-bond acceptors (Lipinski definition) is 3. The lowest BCUT2D eigenvalue weighted by atomic mass is 10.1. The molecule has 2 rings (SSSR count). The molecule has 1 saturated heterocycles. The molecule has 0 N–H and O–H groups in total. The van der Waals surface area contributed by atoms with Gasteiger partial charge in [0.1, 0.15) is 0 Å². The van der Waals surface area contributed by atoms with Crippen LogP contribution >= 0.6 is 15.9 Å². The quantitative estimate of drug-likeness (QED) is 0.841. The van der Waals surface area contributed by atoms with Crippen LogP contribution in [0.2, 0.25) is 0 Å². The molecule has 90 valence electrons. The van der Waals surface area contributed by atoms with Gasteiger partial charge in [-0.1, -0.05) is 6.92 Å². The van der Waals surface area contributed by atoms with Crippen LogP contribution in [0, 0.1) is 11.3 Å². The van der Waals surface area contributed by atoms with E-state index in [0.717, 1.165) is 36.3 Å². The third-order valence-corrected chi connectivity index (χ3v) is 3.72. The minimum atomic E-state index is 0.424. The van der Waals surface area contributed by atoms with E-state index in [4.69, 9.17) is 10.00 Å². The molecule has 1 aromatic carbocycles. The standard InChI is InChI=1S/C13H15BrN2O/c1-2-11-9-17-6-5-16(11)13-4-3-10(8-15)7-12(13)14/h3-4,7,11H,2,5-6,9H2,1H3.